The zero-order chi connectivity index (χ0) is 23.4. The van der Waals surface area contributed by atoms with E-state index < -0.39 is 11.8 Å². The molecule has 0 fully saturated rings. The smallest absolute Gasteiger partial charge is 0.297 e. The number of methoxy groups -OCH3 is 1. The fourth-order valence-electron chi connectivity index (χ4n) is 3.23. The second kappa shape index (κ2) is 9.23. The molecule has 2 N–H and O–H groups in total. The largest absolute Gasteiger partial charge is 0.496 e. The topological polar surface area (TPSA) is 113 Å². The summed E-state index contributed by atoms with van der Waals surface area (Å²) in [6.07, 6.45) is 2.99. The van der Waals surface area contributed by atoms with Crippen LogP contribution in [0.15, 0.2) is 82.0 Å². The van der Waals surface area contributed by atoms with Gasteiger partial charge in [0, 0.05) is 30.3 Å². The third-order valence-electron chi connectivity index (χ3n) is 4.69. The Bertz CT molecular complexity index is 1260. The Labute approximate surface area is 189 Å². The Balaban J connectivity index is 1.66. The molecule has 2 aromatic carbocycles. The first-order chi connectivity index (χ1) is 16.0. The molecule has 3 amide bonds. The maximum atomic E-state index is 13.1. The summed E-state index contributed by atoms with van der Waals surface area (Å²) in [6.45, 7) is 1.38. The van der Waals surface area contributed by atoms with Gasteiger partial charge in [0.15, 0.2) is 5.84 Å². The van der Waals surface area contributed by atoms with Crippen molar-refractivity contribution in [2.24, 2.45) is 4.99 Å². The van der Waals surface area contributed by atoms with Crippen LogP contribution in [0.2, 0.25) is 0 Å². The molecule has 2 heterocycles. The van der Waals surface area contributed by atoms with Crippen LogP contribution in [0.4, 0.5) is 5.69 Å². The number of hydrogen-bond donors (Lipinski definition) is 2. The molecule has 0 bridgehead atoms. The molecule has 0 saturated heterocycles. The normalized spacial score (nSPS) is 14.2. The molecule has 1 aliphatic rings. The standard InChI is InChI=1S/C24H20N4O5/c1-15(29)25-17-10-11-19(21(13-17)32-2)23(30)27-28-22(16-7-4-3-5-8-16)26-20(24(28)31)14-18-9-6-12-33-18/h3-14H,1-2H3,(H,25,29)(H,27,30)/b20-14-. The van der Waals surface area contributed by atoms with Crippen LogP contribution in [0.25, 0.3) is 6.08 Å². The van der Waals surface area contributed by atoms with E-state index in [2.05, 4.69) is 15.7 Å². The van der Waals surface area contributed by atoms with Crippen molar-refractivity contribution in [3.05, 3.63) is 89.5 Å². The van der Waals surface area contributed by atoms with Gasteiger partial charge in [-0.25, -0.2) is 4.99 Å². The van der Waals surface area contributed by atoms with Gasteiger partial charge in [0.2, 0.25) is 5.91 Å². The third kappa shape index (κ3) is 4.67. The summed E-state index contributed by atoms with van der Waals surface area (Å²) in [5.74, 6) is -0.408. The molecule has 0 atom stereocenters. The van der Waals surface area contributed by atoms with Crippen LogP contribution in [0.5, 0.6) is 5.75 Å². The molecule has 9 heteroatoms. The van der Waals surface area contributed by atoms with Crippen LogP contribution in [0, 0.1) is 0 Å². The van der Waals surface area contributed by atoms with E-state index in [1.54, 1.807) is 42.5 Å². The lowest BCUT2D eigenvalue weighted by Crippen LogP contribution is -2.47. The average Bonchev–Trinajstić information content (AvgIpc) is 3.43. The molecule has 0 spiro atoms. The van der Waals surface area contributed by atoms with Gasteiger partial charge >= 0.3 is 0 Å². The number of nitrogens with zero attached hydrogens (tertiary/aromatic N) is 2. The van der Waals surface area contributed by atoms with Gasteiger partial charge in [-0.3, -0.25) is 19.8 Å². The Morgan fingerprint density at radius 1 is 1.09 bits per heavy atom. The van der Waals surface area contributed by atoms with Crippen molar-refractivity contribution in [2.75, 3.05) is 12.4 Å². The van der Waals surface area contributed by atoms with Gasteiger partial charge in [0.1, 0.15) is 17.2 Å². The first-order valence-corrected chi connectivity index (χ1v) is 9.96. The van der Waals surface area contributed by atoms with Crippen molar-refractivity contribution >= 4 is 35.3 Å². The zero-order valence-electron chi connectivity index (χ0n) is 17.9. The van der Waals surface area contributed by atoms with E-state index in [0.29, 0.717) is 17.0 Å². The van der Waals surface area contributed by atoms with E-state index in [0.717, 1.165) is 5.01 Å². The predicted molar refractivity (Wildman–Crippen MR) is 121 cm³/mol. The summed E-state index contributed by atoms with van der Waals surface area (Å²) in [6, 6.07) is 17.0. The first-order valence-electron chi connectivity index (χ1n) is 9.96. The average molecular weight is 444 g/mol. The van der Waals surface area contributed by atoms with Crippen molar-refractivity contribution in [3.63, 3.8) is 0 Å². The quantitative estimate of drug-likeness (QED) is 0.567. The van der Waals surface area contributed by atoms with E-state index in [1.165, 1.54) is 38.5 Å². The molecule has 0 saturated carbocycles. The zero-order valence-corrected chi connectivity index (χ0v) is 17.9. The van der Waals surface area contributed by atoms with Crippen molar-refractivity contribution < 1.29 is 23.5 Å². The third-order valence-corrected chi connectivity index (χ3v) is 4.69. The number of ether oxygens (including phenoxy) is 1. The maximum absolute atomic E-state index is 13.1. The number of amides is 3. The molecule has 4 rings (SSSR count). The molecule has 1 aromatic heterocycles. The van der Waals surface area contributed by atoms with E-state index in [-0.39, 0.29) is 28.8 Å². The second-order valence-corrected chi connectivity index (χ2v) is 7.02. The van der Waals surface area contributed by atoms with Crippen LogP contribution in [0.3, 0.4) is 0 Å². The number of furan rings is 1. The lowest BCUT2D eigenvalue weighted by atomic mass is 10.1. The van der Waals surface area contributed by atoms with Gasteiger partial charge < -0.3 is 14.5 Å². The summed E-state index contributed by atoms with van der Waals surface area (Å²) < 4.78 is 10.6. The molecule has 33 heavy (non-hydrogen) atoms. The van der Waals surface area contributed by atoms with Crippen LogP contribution < -0.4 is 15.5 Å². The van der Waals surface area contributed by atoms with Gasteiger partial charge in [-0.1, -0.05) is 30.3 Å². The van der Waals surface area contributed by atoms with Gasteiger partial charge in [-0.05, 0) is 24.3 Å². The van der Waals surface area contributed by atoms with E-state index in [4.69, 9.17) is 9.15 Å². The lowest BCUT2D eigenvalue weighted by molar-refractivity contribution is -0.124. The minimum atomic E-state index is -0.586. The number of nitrogens with one attached hydrogen (secondary N) is 2. The predicted octanol–water partition coefficient (Wildman–Crippen LogP) is 3.22. The number of aliphatic imine (C=N–C) groups is 1. The molecular formula is C24H20N4O5. The molecule has 3 aromatic rings. The van der Waals surface area contributed by atoms with Crippen molar-refractivity contribution in [2.45, 2.75) is 6.92 Å². The number of hydrazine groups is 1. The van der Waals surface area contributed by atoms with Crippen LogP contribution in [0.1, 0.15) is 28.6 Å². The van der Waals surface area contributed by atoms with Crippen LogP contribution >= 0.6 is 0 Å². The van der Waals surface area contributed by atoms with Gasteiger partial charge in [-0.2, -0.15) is 5.01 Å². The Morgan fingerprint density at radius 2 is 1.88 bits per heavy atom. The molecule has 166 valence electrons. The lowest BCUT2D eigenvalue weighted by Gasteiger charge is -2.20. The number of benzene rings is 2. The summed E-state index contributed by atoms with van der Waals surface area (Å²) in [7, 11) is 1.41. The fourth-order valence-corrected chi connectivity index (χ4v) is 3.23. The highest BCUT2D eigenvalue weighted by Gasteiger charge is 2.33. The summed E-state index contributed by atoms with van der Waals surface area (Å²) >= 11 is 0. The number of carbonyl (C=O) groups excluding carboxylic acids is 3. The van der Waals surface area contributed by atoms with Gasteiger partial charge in [0.05, 0.1) is 18.9 Å². The molecule has 0 aliphatic carbocycles. The Kier molecular flexibility index (Phi) is 6.03. The summed E-state index contributed by atoms with van der Waals surface area (Å²) in [5.41, 5.74) is 4.01. The van der Waals surface area contributed by atoms with E-state index in [9.17, 15) is 14.4 Å². The Hall–Kier alpha value is -4.66. The highest BCUT2D eigenvalue weighted by molar-refractivity contribution is 6.20. The van der Waals surface area contributed by atoms with Crippen LogP contribution in [-0.2, 0) is 9.59 Å². The second-order valence-electron chi connectivity index (χ2n) is 7.02. The summed E-state index contributed by atoms with van der Waals surface area (Å²) in [4.78, 5) is 42.0. The number of carbonyl (C=O) groups is 3. The minimum absolute atomic E-state index is 0.108. The highest BCUT2D eigenvalue weighted by atomic mass is 16.5. The minimum Gasteiger partial charge on any atom is -0.496 e. The van der Waals surface area contributed by atoms with E-state index in [1.807, 2.05) is 6.07 Å². The SMILES string of the molecule is COc1cc(NC(C)=O)ccc1C(=O)NN1C(=O)/C(=C/c2ccco2)N=C1c1ccccc1. The maximum Gasteiger partial charge on any atom is 0.297 e. The summed E-state index contributed by atoms with van der Waals surface area (Å²) in [5, 5.41) is 3.72. The molecule has 0 unspecified atom stereocenters. The highest BCUT2D eigenvalue weighted by Crippen LogP contribution is 2.25. The van der Waals surface area contributed by atoms with Gasteiger partial charge in [-0.15, -0.1) is 0 Å². The van der Waals surface area contributed by atoms with Gasteiger partial charge in [0.25, 0.3) is 11.8 Å². The van der Waals surface area contributed by atoms with Crippen LogP contribution in [-0.4, -0.2) is 35.7 Å². The Morgan fingerprint density at radius 3 is 2.55 bits per heavy atom. The molecular weight excluding hydrogens is 424 g/mol. The number of hydrogen-bond acceptors (Lipinski definition) is 6. The van der Waals surface area contributed by atoms with Crippen molar-refractivity contribution in [1.29, 1.82) is 0 Å². The van der Waals surface area contributed by atoms with E-state index >= 15 is 0 Å². The number of anilines is 1. The molecule has 0 radical (unpaired) electrons. The first kappa shape index (κ1) is 21.6. The fraction of sp³-hybridized carbons (Fsp3) is 0.0833. The molecule has 1 aliphatic heterocycles. The number of rotatable bonds is 6. The molecule has 9 nitrogen and oxygen atoms in total. The van der Waals surface area contributed by atoms with Crippen molar-refractivity contribution in [3.8, 4) is 5.75 Å². The number of amidine groups is 1. The monoisotopic (exact) mass is 444 g/mol. The van der Waals surface area contributed by atoms with Crippen molar-refractivity contribution in [1.82, 2.24) is 10.4 Å².